The van der Waals surface area contributed by atoms with E-state index in [0.717, 1.165) is 5.69 Å². The van der Waals surface area contributed by atoms with Gasteiger partial charge in [-0.1, -0.05) is 49.7 Å². The van der Waals surface area contributed by atoms with Gasteiger partial charge in [-0.05, 0) is 31.0 Å². The van der Waals surface area contributed by atoms with Gasteiger partial charge in [0.1, 0.15) is 6.61 Å². The Morgan fingerprint density at radius 1 is 1.12 bits per heavy atom. The molecule has 0 spiro atoms. The van der Waals surface area contributed by atoms with Crippen LogP contribution in [-0.4, -0.2) is 20.7 Å². The third-order valence-corrected chi connectivity index (χ3v) is 5.61. The van der Waals surface area contributed by atoms with E-state index in [1.54, 1.807) is 24.3 Å². The Morgan fingerprint density at radius 2 is 1.84 bits per heavy atom. The number of aryl methyl sites for hydroxylation is 1. The Hall–Kier alpha value is -3.52. The first kappa shape index (κ1) is 21.7. The summed E-state index contributed by atoms with van der Waals surface area (Å²) in [5.41, 5.74) is 2.68. The van der Waals surface area contributed by atoms with Crippen LogP contribution in [0.1, 0.15) is 35.6 Å². The van der Waals surface area contributed by atoms with Crippen LogP contribution in [0.5, 0.6) is 0 Å². The summed E-state index contributed by atoms with van der Waals surface area (Å²) in [7, 11) is 0. The zero-order valence-corrected chi connectivity index (χ0v) is 19.0. The number of anilines is 2. The minimum Gasteiger partial charge on any atom is -0.454 e. The molecule has 2 heterocycles. The van der Waals surface area contributed by atoms with E-state index in [4.69, 9.17) is 4.74 Å². The number of aromatic nitrogens is 3. The Morgan fingerprint density at radius 3 is 2.56 bits per heavy atom. The summed E-state index contributed by atoms with van der Waals surface area (Å²) in [5.74, 6) is -0.376. The first-order chi connectivity index (χ1) is 15.4. The molecule has 7 nitrogen and oxygen atoms in total. The lowest BCUT2D eigenvalue weighted by molar-refractivity contribution is 0.0461. The largest absolute Gasteiger partial charge is 0.454 e. The Labute approximate surface area is 189 Å². The number of esters is 1. The molecule has 0 fully saturated rings. The van der Waals surface area contributed by atoms with Crippen molar-refractivity contribution in [3.63, 3.8) is 0 Å². The summed E-state index contributed by atoms with van der Waals surface area (Å²) in [6, 6.07) is 15.0. The van der Waals surface area contributed by atoms with Crippen LogP contribution in [0, 0.1) is 12.8 Å². The van der Waals surface area contributed by atoms with Crippen LogP contribution in [0.25, 0.3) is 10.8 Å². The molecule has 32 heavy (non-hydrogen) atoms. The van der Waals surface area contributed by atoms with Crippen molar-refractivity contribution in [3.8, 4) is 0 Å². The Balaban J connectivity index is 1.51. The quantitative estimate of drug-likeness (QED) is 0.404. The number of nitrogens with one attached hydrogen (secondary N) is 1. The highest BCUT2D eigenvalue weighted by Gasteiger charge is 2.19. The summed E-state index contributed by atoms with van der Waals surface area (Å²) in [6.45, 7) is 6.46. The molecule has 2 aromatic heterocycles. The van der Waals surface area contributed by atoms with E-state index in [9.17, 15) is 9.59 Å². The number of benzene rings is 2. The Kier molecular flexibility index (Phi) is 6.32. The van der Waals surface area contributed by atoms with Crippen molar-refractivity contribution in [1.82, 2.24) is 14.8 Å². The van der Waals surface area contributed by atoms with Gasteiger partial charge >= 0.3 is 5.97 Å². The summed E-state index contributed by atoms with van der Waals surface area (Å²) in [4.78, 5) is 30.1. The molecule has 2 aromatic carbocycles. The predicted octanol–water partition coefficient (Wildman–Crippen LogP) is 4.92. The molecule has 0 radical (unpaired) electrons. The van der Waals surface area contributed by atoms with E-state index in [0.29, 0.717) is 28.1 Å². The summed E-state index contributed by atoms with van der Waals surface area (Å²) < 4.78 is 6.84. The molecule has 0 aliphatic heterocycles. The highest BCUT2D eigenvalue weighted by atomic mass is 32.1. The molecule has 4 aromatic rings. The summed E-state index contributed by atoms with van der Waals surface area (Å²) in [5, 5.41) is 11.1. The average Bonchev–Trinajstić information content (AvgIpc) is 3.22. The highest BCUT2D eigenvalue weighted by molar-refractivity contribution is 7.13. The second-order valence-corrected chi connectivity index (χ2v) is 8.84. The van der Waals surface area contributed by atoms with E-state index in [1.807, 2.05) is 50.4 Å². The van der Waals surface area contributed by atoms with Gasteiger partial charge in [0.05, 0.1) is 11.1 Å². The van der Waals surface area contributed by atoms with Crippen molar-refractivity contribution in [2.45, 2.75) is 33.9 Å². The standard InChI is InChI=1S/C24H24N4O3S/c1-15(2)12-28-22(29)20-7-5-4-6-19(20)21(27-28)23(30)31-13-18-14-32-24(26-18)25-17-10-8-16(3)9-11-17/h4-11,14-15H,12-13H2,1-3H3,(H,25,26). The highest BCUT2D eigenvalue weighted by Crippen LogP contribution is 2.22. The molecule has 0 saturated carbocycles. The summed E-state index contributed by atoms with van der Waals surface area (Å²) >= 11 is 1.44. The smallest absolute Gasteiger partial charge is 0.359 e. The number of ether oxygens (including phenoxy) is 1. The van der Waals surface area contributed by atoms with Crippen molar-refractivity contribution in [1.29, 1.82) is 0 Å². The van der Waals surface area contributed by atoms with Gasteiger partial charge in [0.2, 0.25) is 0 Å². The van der Waals surface area contributed by atoms with Crippen LogP contribution in [0.4, 0.5) is 10.8 Å². The lowest BCUT2D eigenvalue weighted by Gasteiger charge is -2.12. The minimum atomic E-state index is -0.584. The van der Waals surface area contributed by atoms with Gasteiger partial charge in [0, 0.05) is 23.0 Å². The monoisotopic (exact) mass is 448 g/mol. The third-order valence-electron chi connectivity index (χ3n) is 4.80. The third kappa shape index (κ3) is 4.86. The van der Waals surface area contributed by atoms with E-state index >= 15 is 0 Å². The SMILES string of the molecule is Cc1ccc(Nc2nc(COC(=O)c3nn(CC(C)C)c(=O)c4ccccc34)cs2)cc1. The fourth-order valence-electron chi connectivity index (χ4n) is 3.25. The minimum absolute atomic E-state index is 0.0181. The van der Waals surface area contributed by atoms with Gasteiger partial charge in [0.15, 0.2) is 10.8 Å². The molecular weight excluding hydrogens is 424 g/mol. The lowest BCUT2D eigenvalue weighted by atomic mass is 10.1. The van der Waals surface area contributed by atoms with Gasteiger partial charge in [-0.3, -0.25) is 4.79 Å². The normalized spacial score (nSPS) is 11.1. The van der Waals surface area contributed by atoms with Crippen LogP contribution in [0.3, 0.4) is 0 Å². The van der Waals surface area contributed by atoms with Gasteiger partial charge in [-0.2, -0.15) is 5.10 Å². The van der Waals surface area contributed by atoms with Crippen molar-refractivity contribution >= 4 is 38.9 Å². The van der Waals surface area contributed by atoms with E-state index < -0.39 is 5.97 Å². The average molecular weight is 449 g/mol. The second kappa shape index (κ2) is 9.32. The molecule has 0 bridgehead atoms. The van der Waals surface area contributed by atoms with Crippen LogP contribution in [-0.2, 0) is 17.9 Å². The number of nitrogens with zero attached hydrogens (tertiary/aromatic N) is 3. The number of hydrogen-bond donors (Lipinski definition) is 1. The molecule has 0 saturated heterocycles. The predicted molar refractivity (Wildman–Crippen MR) is 127 cm³/mol. The Bertz CT molecular complexity index is 1310. The van der Waals surface area contributed by atoms with Crippen LogP contribution >= 0.6 is 11.3 Å². The van der Waals surface area contributed by atoms with E-state index in [2.05, 4.69) is 15.4 Å². The molecule has 4 rings (SSSR count). The van der Waals surface area contributed by atoms with Crippen molar-refractivity contribution < 1.29 is 9.53 Å². The van der Waals surface area contributed by atoms with Crippen molar-refractivity contribution in [2.75, 3.05) is 5.32 Å². The number of thiazole rings is 1. The molecular formula is C24H24N4O3S. The van der Waals surface area contributed by atoms with E-state index in [-0.39, 0.29) is 23.8 Å². The topological polar surface area (TPSA) is 86.1 Å². The molecule has 0 atom stereocenters. The number of rotatable bonds is 7. The lowest BCUT2D eigenvalue weighted by Crippen LogP contribution is -2.28. The maximum atomic E-state index is 12.9. The van der Waals surface area contributed by atoms with E-state index in [1.165, 1.54) is 21.6 Å². The molecule has 0 aliphatic rings. The molecule has 0 unspecified atom stereocenters. The van der Waals surface area contributed by atoms with Crippen molar-refractivity contribution in [2.24, 2.45) is 5.92 Å². The number of carbonyl (C=O) groups is 1. The summed E-state index contributed by atoms with van der Waals surface area (Å²) in [6.07, 6.45) is 0. The molecule has 0 aliphatic carbocycles. The molecule has 0 amide bonds. The zero-order valence-electron chi connectivity index (χ0n) is 18.2. The van der Waals surface area contributed by atoms with Gasteiger partial charge in [-0.25, -0.2) is 14.5 Å². The molecule has 1 N–H and O–H groups in total. The molecule has 8 heteroatoms. The van der Waals surface area contributed by atoms with Crippen LogP contribution < -0.4 is 10.9 Å². The fraction of sp³-hybridized carbons (Fsp3) is 0.250. The number of hydrogen-bond acceptors (Lipinski definition) is 7. The zero-order chi connectivity index (χ0) is 22.7. The molecule has 164 valence electrons. The van der Waals surface area contributed by atoms with Gasteiger partial charge < -0.3 is 10.1 Å². The van der Waals surface area contributed by atoms with Crippen molar-refractivity contribution in [3.05, 3.63) is 81.2 Å². The van der Waals surface area contributed by atoms with Gasteiger partial charge in [-0.15, -0.1) is 11.3 Å². The van der Waals surface area contributed by atoms with Gasteiger partial charge in [0.25, 0.3) is 5.56 Å². The first-order valence-corrected chi connectivity index (χ1v) is 11.2. The number of carbonyl (C=O) groups excluding carboxylic acids is 1. The maximum absolute atomic E-state index is 12.9. The van der Waals surface area contributed by atoms with Crippen LogP contribution in [0.2, 0.25) is 0 Å². The first-order valence-electron chi connectivity index (χ1n) is 10.4. The fourth-order valence-corrected chi connectivity index (χ4v) is 3.97. The maximum Gasteiger partial charge on any atom is 0.359 e. The van der Waals surface area contributed by atoms with Crippen LogP contribution in [0.15, 0.2) is 58.7 Å². The number of fused-ring (bicyclic) bond motifs is 1. The second-order valence-electron chi connectivity index (χ2n) is 7.99.